The highest BCUT2D eigenvalue weighted by atomic mass is 35.5. The number of carbonyl (C=O) groups excluding carboxylic acids is 1. The Hall–Kier alpha value is -2.18. The number of aromatic nitrogens is 2. The molecule has 0 saturated heterocycles. The van der Waals surface area contributed by atoms with Crippen molar-refractivity contribution in [1.29, 1.82) is 0 Å². The lowest BCUT2D eigenvalue weighted by Crippen LogP contribution is -2.30. The van der Waals surface area contributed by atoms with Crippen LogP contribution in [0.15, 0.2) is 29.1 Å². The standard InChI is InChI=1S/C18H18ClN3O2S/c1-4-12-8-13-17(25-12)20-11(3)22(18(13)24)9-16(23)21-15-7-5-6-14(19)10(15)2/h5-8H,4,9H2,1-3H3,(H,21,23). The summed E-state index contributed by atoms with van der Waals surface area (Å²) in [5.41, 5.74) is 1.25. The monoisotopic (exact) mass is 375 g/mol. The maximum absolute atomic E-state index is 12.7. The fourth-order valence-corrected chi connectivity index (χ4v) is 3.78. The molecule has 0 unspecified atom stereocenters. The highest BCUT2D eigenvalue weighted by Crippen LogP contribution is 2.23. The van der Waals surface area contributed by atoms with Crippen LogP contribution in [-0.2, 0) is 17.8 Å². The number of amides is 1. The first-order valence-electron chi connectivity index (χ1n) is 7.95. The molecule has 1 N–H and O–H groups in total. The van der Waals surface area contributed by atoms with Crippen LogP contribution >= 0.6 is 22.9 Å². The van der Waals surface area contributed by atoms with Gasteiger partial charge in [0.15, 0.2) is 0 Å². The van der Waals surface area contributed by atoms with Crippen molar-refractivity contribution in [2.75, 3.05) is 5.32 Å². The zero-order chi connectivity index (χ0) is 18.1. The Balaban J connectivity index is 1.90. The molecule has 2 heterocycles. The molecule has 1 amide bonds. The number of aryl methyl sites for hydroxylation is 2. The quantitative estimate of drug-likeness (QED) is 0.751. The third kappa shape index (κ3) is 3.45. The van der Waals surface area contributed by atoms with E-state index in [0.29, 0.717) is 21.9 Å². The molecule has 0 saturated carbocycles. The number of benzene rings is 1. The molecular weight excluding hydrogens is 358 g/mol. The molecule has 0 bridgehead atoms. The van der Waals surface area contributed by atoms with Gasteiger partial charge in [0, 0.05) is 15.6 Å². The molecule has 1 aromatic carbocycles. The Kier molecular flexibility index (Phi) is 4.92. The summed E-state index contributed by atoms with van der Waals surface area (Å²) in [4.78, 5) is 31.4. The van der Waals surface area contributed by atoms with Crippen LogP contribution in [0.1, 0.15) is 23.2 Å². The van der Waals surface area contributed by atoms with Crippen LogP contribution in [0.4, 0.5) is 5.69 Å². The molecule has 3 rings (SSSR count). The van der Waals surface area contributed by atoms with Gasteiger partial charge in [-0.2, -0.15) is 0 Å². The number of hydrogen-bond acceptors (Lipinski definition) is 4. The Morgan fingerprint density at radius 1 is 1.36 bits per heavy atom. The van der Waals surface area contributed by atoms with E-state index < -0.39 is 0 Å². The fraction of sp³-hybridized carbons (Fsp3) is 0.278. The van der Waals surface area contributed by atoms with Crippen LogP contribution in [-0.4, -0.2) is 15.5 Å². The van der Waals surface area contributed by atoms with Gasteiger partial charge in [-0.3, -0.25) is 14.2 Å². The number of fused-ring (bicyclic) bond motifs is 1. The second-order valence-electron chi connectivity index (χ2n) is 5.80. The van der Waals surface area contributed by atoms with E-state index in [4.69, 9.17) is 11.6 Å². The van der Waals surface area contributed by atoms with Gasteiger partial charge in [-0.1, -0.05) is 24.6 Å². The van der Waals surface area contributed by atoms with Gasteiger partial charge in [0.05, 0.1) is 5.39 Å². The van der Waals surface area contributed by atoms with Crippen molar-refractivity contribution < 1.29 is 4.79 Å². The number of halogens is 1. The lowest BCUT2D eigenvalue weighted by atomic mass is 10.2. The van der Waals surface area contributed by atoms with Gasteiger partial charge < -0.3 is 5.32 Å². The summed E-state index contributed by atoms with van der Waals surface area (Å²) < 4.78 is 1.41. The number of nitrogens with one attached hydrogen (secondary N) is 1. The first kappa shape index (κ1) is 17.6. The second kappa shape index (κ2) is 6.98. The third-order valence-corrected chi connectivity index (χ3v) is 5.67. The van der Waals surface area contributed by atoms with Gasteiger partial charge in [-0.15, -0.1) is 11.3 Å². The number of hydrogen-bond donors (Lipinski definition) is 1. The topological polar surface area (TPSA) is 64.0 Å². The van der Waals surface area contributed by atoms with E-state index in [-0.39, 0.29) is 18.0 Å². The Labute approximate surface area is 154 Å². The predicted molar refractivity (Wildman–Crippen MR) is 103 cm³/mol. The molecule has 0 fully saturated rings. The molecule has 2 aromatic heterocycles. The van der Waals surface area contributed by atoms with Gasteiger partial charge in [-0.25, -0.2) is 4.98 Å². The molecule has 0 aliphatic heterocycles. The second-order valence-corrected chi connectivity index (χ2v) is 7.32. The average Bonchev–Trinajstić information content (AvgIpc) is 2.99. The molecule has 130 valence electrons. The van der Waals surface area contributed by atoms with E-state index in [9.17, 15) is 9.59 Å². The van der Waals surface area contributed by atoms with Gasteiger partial charge in [0.1, 0.15) is 17.2 Å². The minimum Gasteiger partial charge on any atom is -0.324 e. The predicted octanol–water partition coefficient (Wildman–Crippen LogP) is 3.93. The van der Waals surface area contributed by atoms with Crippen LogP contribution in [0.2, 0.25) is 5.02 Å². The summed E-state index contributed by atoms with van der Waals surface area (Å²) in [5.74, 6) is 0.239. The molecule has 0 aliphatic rings. The maximum atomic E-state index is 12.7. The molecule has 7 heteroatoms. The summed E-state index contributed by atoms with van der Waals surface area (Å²) in [6.45, 7) is 5.53. The molecule has 25 heavy (non-hydrogen) atoms. The van der Waals surface area contributed by atoms with Gasteiger partial charge in [-0.05, 0) is 44.0 Å². The van der Waals surface area contributed by atoms with Gasteiger partial charge in [0.25, 0.3) is 5.56 Å². The Morgan fingerprint density at radius 2 is 2.12 bits per heavy atom. The van der Waals surface area contributed by atoms with Crippen molar-refractivity contribution in [2.45, 2.75) is 33.7 Å². The van der Waals surface area contributed by atoms with Crippen molar-refractivity contribution in [3.63, 3.8) is 0 Å². The van der Waals surface area contributed by atoms with Crippen molar-refractivity contribution in [1.82, 2.24) is 9.55 Å². The largest absolute Gasteiger partial charge is 0.324 e. The lowest BCUT2D eigenvalue weighted by Gasteiger charge is -2.12. The fourth-order valence-electron chi connectivity index (χ4n) is 2.60. The van der Waals surface area contributed by atoms with Crippen molar-refractivity contribution in [3.8, 4) is 0 Å². The highest BCUT2D eigenvalue weighted by molar-refractivity contribution is 7.18. The molecule has 3 aromatic rings. The number of anilines is 1. The number of carbonyl (C=O) groups is 1. The van der Waals surface area contributed by atoms with Crippen LogP contribution in [0.25, 0.3) is 10.2 Å². The van der Waals surface area contributed by atoms with Crippen LogP contribution in [0.3, 0.4) is 0 Å². The normalized spacial score (nSPS) is 11.0. The zero-order valence-electron chi connectivity index (χ0n) is 14.2. The van der Waals surface area contributed by atoms with Crippen molar-refractivity contribution in [3.05, 3.63) is 55.9 Å². The molecule has 0 spiro atoms. The first-order valence-corrected chi connectivity index (χ1v) is 9.15. The Morgan fingerprint density at radius 3 is 2.84 bits per heavy atom. The third-order valence-electron chi connectivity index (χ3n) is 4.09. The first-order chi connectivity index (χ1) is 11.9. The van der Waals surface area contributed by atoms with Crippen LogP contribution in [0.5, 0.6) is 0 Å². The van der Waals surface area contributed by atoms with Crippen LogP contribution in [0, 0.1) is 13.8 Å². The van der Waals surface area contributed by atoms with E-state index >= 15 is 0 Å². The van der Waals surface area contributed by atoms with E-state index in [2.05, 4.69) is 10.3 Å². The van der Waals surface area contributed by atoms with E-state index in [1.807, 2.05) is 19.9 Å². The number of thiophene rings is 1. The number of nitrogens with zero attached hydrogens (tertiary/aromatic N) is 2. The minimum absolute atomic E-state index is 0.0864. The van der Waals surface area contributed by atoms with E-state index in [1.165, 1.54) is 15.9 Å². The van der Waals surface area contributed by atoms with Crippen molar-refractivity contribution >= 4 is 44.7 Å². The zero-order valence-corrected chi connectivity index (χ0v) is 15.8. The molecule has 0 radical (unpaired) electrons. The van der Waals surface area contributed by atoms with Gasteiger partial charge in [0.2, 0.25) is 5.91 Å². The molecular formula is C18H18ClN3O2S. The van der Waals surface area contributed by atoms with E-state index in [0.717, 1.165) is 21.7 Å². The summed E-state index contributed by atoms with van der Waals surface area (Å²) in [5, 5.41) is 3.96. The maximum Gasteiger partial charge on any atom is 0.262 e. The van der Waals surface area contributed by atoms with Crippen LogP contribution < -0.4 is 10.9 Å². The minimum atomic E-state index is -0.289. The smallest absolute Gasteiger partial charge is 0.262 e. The summed E-state index contributed by atoms with van der Waals surface area (Å²) >= 11 is 7.59. The van der Waals surface area contributed by atoms with E-state index in [1.54, 1.807) is 25.1 Å². The average molecular weight is 376 g/mol. The Bertz CT molecular complexity index is 1020. The summed E-state index contributed by atoms with van der Waals surface area (Å²) in [6.07, 6.45) is 0.855. The molecule has 0 aliphatic carbocycles. The summed E-state index contributed by atoms with van der Waals surface area (Å²) in [6, 6.07) is 7.18. The molecule has 5 nitrogen and oxygen atoms in total. The lowest BCUT2D eigenvalue weighted by molar-refractivity contribution is -0.116. The summed E-state index contributed by atoms with van der Waals surface area (Å²) in [7, 11) is 0. The van der Waals surface area contributed by atoms with Crippen molar-refractivity contribution in [2.24, 2.45) is 0 Å². The van der Waals surface area contributed by atoms with Gasteiger partial charge >= 0.3 is 0 Å². The highest BCUT2D eigenvalue weighted by Gasteiger charge is 2.14. The SMILES string of the molecule is CCc1cc2c(=O)n(CC(=O)Nc3cccc(Cl)c3C)c(C)nc2s1. The molecule has 0 atom stereocenters. The number of rotatable bonds is 4.